The number of thiocarbonyl (C=S) groups is 1. The van der Waals surface area contributed by atoms with Crippen molar-refractivity contribution < 1.29 is 13.2 Å². The van der Waals surface area contributed by atoms with E-state index in [1.807, 2.05) is 13.8 Å². The van der Waals surface area contributed by atoms with Crippen LogP contribution in [0.25, 0.3) is 0 Å². The Hall–Kier alpha value is -1.30. The van der Waals surface area contributed by atoms with Crippen molar-refractivity contribution in [2.45, 2.75) is 52.8 Å². The summed E-state index contributed by atoms with van der Waals surface area (Å²) in [5.41, 5.74) is -1.02. The monoisotopic (exact) mass is 332 g/mol. The largest absolute Gasteiger partial charge is 0.418 e. The summed E-state index contributed by atoms with van der Waals surface area (Å²) in [6.45, 7) is 10.3. The fraction of sp³-hybridized carbons (Fsp3) is 0.562. The van der Waals surface area contributed by atoms with Crippen molar-refractivity contribution in [1.82, 2.24) is 5.32 Å². The van der Waals surface area contributed by atoms with Crippen LogP contribution in [0.4, 0.5) is 18.9 Å². The minimum absolute atomic E-state index is 0.0425. The average molecular weight is 332 g/mol. The molecule has 0 bridgehead atoms. The first-order chi connectivity index (χ1) is 9.80. The third-order valence-electron chi connectivity index (χ3n) is 2.90. The van der Waals surface area contributed by atoms with Crippen molar-refractivity contribution in [2.75, 3.05) is 5.32 Å². The van der Waals surface area contributed by atoms with Gasteiger partial charge in [0.2, 0.25) is 0 Å². The topological polar surface area (TPSA) is 24.1 Å². The Morgan fingerprint density at radius 1 is 1.05 bits per heavy atom. The number of benzene rings is 1. The zero-order chi connectivity index (χ0) is 17.2. The highest BCUT2D eigenvalue weighted by atomic mass is 32.1. The Balaban J connectivity index is 2.83. The Morgan fingerprint density at radius 2 is 1.59 bits per heavy atom. The van der Waals surface area contributed by atoms with Crippen molar-refractivity contribution >= 4 is 23.0 Å². The molecule has 6 heteroatoms. The maximum absolute atomic E-state index is 13.0. The van der Waals surface area contributed by atoms with Crippen LogP contribution in [0.3, 0.4) is 0 Å². The van der Waals surface area contributed by atoms with Gasteiger partial charge in [0.1, 0.15) is 0 Å². The molecule has 0 amide bonds. The summed E-state index contributed by atoms with van der Waals surface area (Å²) < 4.78 is 38.9. The smallest absolute Gasteiger partial charge is 0.358 e. The molecule has 22 heavy (non-hydrogen) atoms. The fourth-order valence-electron chi connectivity index (χ4n) is 2.67. The zero-order valence-electron chi connectivity index (χ0n) is 13.6. The SMILES string of the molecule is CC(C)(C)CC(C)(C)NC(=S)Nc1ccccc1C(F)(F)F. The number of anilines is 1. The normalized spacial score (nSPS) is 12.9. The highest BCUT2D eigenvalue weighted by Crippen LogP contribution is 2.34. The molecule has 0 heterocycles. The van der Waals surface area contributed by atoms with E-state index < -0.39 is 11.7 Å². The number of hydrogen-bond donors (Lipinski definition) is 2. The minimum Gasteiger partial charge on any atom is -0.358 e. The average Bonchev–Trinajstić information content (AvgIpc) is 2.23. The van der Waals surface area contributed by atoms with Crippen LogP contribution in [0, 0.1) is 5.41 Å². The predicted octanol–water partition coefficient (Wildman–Crippen LogP) is 5.21. The van der Waals surface area contributed by atoms with E-state index in [1.165, 1.54) is 12.1 Å². The van der Waals surface area contributed by atoms with E-state index >= 15 is 0 Å². The number of nitrogens with one attached hydrogen (secondary N) is 2. The summed E-state index contributed by atoms with van der Waals surface area (Å²) in [5.74, 6) is 0. The van der Waals surface area contributed by atoms with Crippen LogP contribution in [-0.4, -0.2) is 10.7 Å². The second-order valence-corrected chi connectivity index (χ2v) is 7.65. The van der Waals surface area contributed by atoms with E-state index in [4.69, 9.17) is 12.2 Å². The van der Waals surface area contributed by atoms with Gasteiger partial charge >= 0.3 is 6.18 Å². The Kier molecular flexibility index (Phi) is 5.49. The first-order valence-corrected chi connectivity index (χ1v) is 7.46. The van der Waals surface area contributed by atoms with Crippen LogP contribution in [0.15, 0.2) is 24.3 Å². The molecule has 0 radical (unpaired) electrons. The number of hydrogen-bond acceptors (Lipinski definition) is 1. The number of halogens is 3. The molecule has 0 atom stereocenters. The second-order valence-electron chi connectivity index (χ2n) is 7.24. The molecule has 0 spiro atoms. The summed E-state index contributed by atoms with van der Waals surface area (Å²) in [5, 5.41) is 5.94. The molecule has 0 saturated heterocycles. The zero-order valence-corrected chi connectivity index (χ0v) is 14.4. The molecule has 1 aromatic rings. The van der Waals surface area contributed by atoms with E-state index in [-0.39, 0.29) is 21.8 Å². The lowest BCUT2D eigenvalue weighted by atomic mass is 9.82. The molecule has 0 aliphatic carbocycles. The van der Waals surface area contributed by atoms with Crippen LogP contribution >= 0.6 is 12.2 Å². The van der Waals surface area contributed by atoms with Gasteiger partial charge in [-0.3, -0.25) is 0 Å². The third-order valence-corrected chi connectivity index (χ3v) is 3.11. The van der Waals surface area contributed by atoms with Gasteiger partial charge in [0, 0.05) is 5.54 Å². The second kappa shape index (κ2) is 6.44. The molecule has 124 valence electrons. The Labute approximate surface area is 135 Å². The number of rotatable bonds is 3. The van der Waals surface area contributed by atoms with Crippen LogP contribution < -0.4 is 10.6 Å². The maximum atomic E-state index is 13.0. The molecule has 1 rings (SSSR count). The summed E-state index contributed by atoms with van der Waals surface area (Å²) in [6.07, 6.45) is -3.59. The summed E-state index contributed by atoms with van der Waals surface area (Å²) >= 11 is 5.17. The first-order valence-electron chi connectivity index (χ1n) is 7.06. The molecular formula is C16H23F3N2S. The fourth-order valence-corrected chi connectivity index (χ4v) is 3.06. The molecule has 2 nitrogen and oxygen atoms in total. The van der Waals surface area contributed by atoms with Gasteiger partial charge in [-0.1, -0.05) is 32.9 Å². The van der Waals surface area contributed by atoms with E-state index in [9.17, 15) is 13.2 Å². The molecule has 2 N–H and O–H groups in total. The quantitative estimate of drug-likeness (QED) is 0.743. The molecule has 0 fully saturated rings. The van der Waals surface area contributed by atoms with Gasteiger partial charge < -0.3 is 10.6 Å². The standard InChI is InChI=1S/C16H23F3N2S/c1-14(2,3)10-15(4,5)21-13(22)20-12-9-7-6-8-11(12)16(17,18)19/h6-9H,10H2,1-5H3,(H2,20,21,22). The highest BCUT2D eigenvalue weighted by Gasteiger charge is 2.33. The van der Waals surface area contributed by atoms with Gasteiger partial charge in [-0.2, -0.15) is 13.2 Å². The summed E-state index contributed by atoms with van der Waals surface area (Å²) in [4.78, 5) is 0. The van der Waals surface area contributed by atoms with Crippen LogP contribution in [0.2, 0.25) is 0 Å². The van der Waals surface area contributed by atoms with Crippen molar-refractivity contribution in [3.63, 3.8) is 0 Å². The first kappa shape index (κ1) is 18.7. The lowest BCUT2D eigenvalue weighted by molar-refractivity contribution is -0.136. The molecule has 0 saturated carbocycles. The molecule has 0 aliphatic heterocycles. The highest BCUT2D eigenvalue weighted by molar-refractivity contribution is 7.80. The lowest BCUT2D eigenvalue weighted by Gasteiger charge is -2.34. The molecule has 1 aromatic carbocycles. The van der Waals surface area contributed by atoms with Gasteiger partial charge in [0.15, 0.2) is 5.11 Å². The van der Waals surface area contributed by atoms with E-state index in [0.29, 0.717) is 0 Å². The minimum atomic E-state index is -4.42. The van der Waals surface area contributed by atoms with Crippen molar-refractivity contribution in [2.24, 2.45) is 5.41 Å². The van der Waals surface area contributed by atoms with E-state index in [1.54, 1.807) is 6.07 Å². The van der Waals surface area contributed by atoms with E-state index in [2.05, 4.69) is 31.4 Å². The Morgan fingerprint density at radius 3 is 2.09 bits per heavy atom. The number of alkyl halides is 3. The van der Waals surface area contributed by atoms with E-state index in [0.717, 1.165) is 12.5 Å². The molecule has 0 unspecified atom stereocenters. The molecular weight excluding hydrogens is 309 g/mol. The third kappa shape index (κ3) is 6.22. The van der Waals surface area contributed by atoms with Crippen molar-refractivity contribution in [1.29, 1.82) is 0 Å². The van der Waals surface area contributed by atoms with Gasteiger partial charge in [-0.15, -0.1) is 0 Å². The predicted molar refractivity (Wildman–Crippen MR) is 89.0 cm³/mol. The van der Waals surface area contributed by atoms with Gasteiger partial charge in [0.25, 0.3) is 0 Å². The summed E-state index contributed by atoms with van der Waals surface area (Å²) in [6, 6.07) is 5.30. The molecule has 0 aliphatic rings. The van der Waals surface area contributed by atoms with Crippen LogP contribution in [0.5, 0.6) is 0 Å². The summed E-state index contributed by atoms with van der Waals surface area (Å²) in [7, 11) is 0. The number of para-hydroxylation sites is 1. The van der Waals surface area contributed by atoms with Gasteiger partial charge in [-0.25, -0.2) is 0 Å². The van der Waals surface area contributed by atoms with Gasteiger partial charge in [0.05, 0.1) is 11.3 Å². The molecule has 0 aromatic heterocycles. The maximum Gasteiger partial charge on any atom is 0.418 e. The van der Waals surface area contributed by atoms with Crippen LogP contribution in [0.1, 0.15) is 46.6 Å². The van der Waals surface area contributed by atoms with Crippen molar-refractivity contribution in [3.8, 4) is 0 Å². The van der Waals surface area contributed by atoms with Crippen molar-refractivity contribution in [3.05, 3.63) is 29.8 Å². The van der Waals surface area contributed by atoms with Gasteiger partial charge in [-0.05, 0) is 50.0 Å². The van der Waals surface area contributed by atoms with Crippen LogP contribution in [-0.2, 0) is 6.18 Å². The lowest BCUT2D eigenvalue weighted by Crippen LogP contribution is -2.47. The Bertz CT molecular complexity index is 531.